The average Bonchev–Trinajstić information content (AvgIpc) is 3.10. The second-order valence-electron chi connectivity index (χ2n) is 5.84. The first-order valence-corrected chi connectivity index (χ1v) is 9.64. The largest absolute Gasteiger partial charge is 0.302 e. The van der Waals surface area contributed by atoms with Crippen molar-refractivity contribution < 1.29 is 8.42 Å². The van der Waals surface area contributed by atoms with Crippen molar-refractivity contribution in [1.29, 1.82) is 0 Å². The van der Waals surface area contributed by atoms with Gasteiger partial charge >= 0.3 is 0 Å². The standard InChI is InChI=1S/C20H17N3O2S/c24-26(25,19-11-5-2-6-12-19)23(17-9-3-1-4-10-17)16-18-15-21-20-13-7-8-14-22(18)20/h1-15H,16H2. The number of imidazole rings is 1. The van der Waals surface area contributed by atoms with Crippen LogP contribution in [-0.2, 0) is 16.6 Å². The van der Waals surface area contributed by atoms with E-state index in [-0.39, 0.29) is 11.4 Å². The van der Waals surface area contributed by atoms with Crippen LogP contribution in [-0.4, -0.2) is 17.8 Å². The van der Waals surface area contributed by atoms with Gasteiger partial charge in [-0.15, -0.1) is 0 Å². The maximum Gasteiger partial charge on any atom is 0.264 e. The van der Waals surface area contributed by atoms with Crippen LogP contribution in [0, 0.1) is 0 Å². The van der Waals surface area contributed by atoms with Crippen LogP contribution in [0.4, 0.5) is 5.69 Å². The molecule has 4 rings (SSSR count). The van der Waals surface area contributed by atoms with Gasteiger partial charge in [0.2, 0.25) is 0 Å². The van der Waals surface area contributed by atoms with Gasteiger partial charge in [-0.1, -0.05) is 42.5 Å². The lowest BCUT2D eigenvalue weighted by Gasteiger charge is -2.24. The van der Waals surface area contributed by atoms with Crippen molar-refractivity contribution in [3.8, 4) is 0 Å². The monoisotopic (exact) mass is 363 g/mol. The van der Waals surface area contributed by atoms with E-state index in [1.54, 1.807) is 48.7 Å². The summed E-state index contributed by atoms with van der Waals surface area (Å²) in [6.07, 6.45) is 3.60. The molecular formula is C20H17N3O2S. The van der Waals surface area contributed by atoms with Gasteiger partial charge in [0.15, 0.2) is 0 Å². The van der Waals surface area contributed by atoms with Gasteiger partial charge < -0.3 is 4.40 Å². The number of rotatable bonds is 5. The summed E-state index contributed by atoms with van der Waals surface area (Å²) in [4.78, 5) is 4.62. The molecule has 0 unspecified atom stereocenters. The molecule has 0 amide bonds. The van der Waals surface area contributed by atoms with Crippen molar-refractivity contribution in [1.82, 2.24) is 9.38 Å². The first-order chi connectivity index (χ1) is 12.7. The second-order valence-corrected chi connectivity index (χ2v) is 7.70. The number of fused-ring (bicyclic) bond motifs is 1. The van der Waals surface area contributed by atoms with Crippen molar-refractivity contribution in [2.24, 2.45) is 0 Å². The molecule has 0 spiro atoms. The Kier molecular flexibility index (Phi) is 4.18. The molecule has 0 bridgehead atoms. The molecule has 2 heterocycles. The van der Waals surface area contributed by atoms with E-state index in [9.17, 15) is 8.42 Å². The third kappa shape index (κ3) is 2.95. The Bertz CT molecular complexity index is 1120. The molecule has 0 radical (unpaired) electrons. The minimum Gasteiger partial charge on any atom is -0.302 e. The summed E-state index contributed by atoms with van der Waals surface area (Å²) in [7, 11) is -3.71. The zero-order valence-electron chi connectivity index (χ0n) is 13.9. The lowest BCUT2D eigenvalue weighted by atomic mass is 10.3. The lowest BCUT2D eigenvalue weighted by Crippen LogP contribution is -2.31. The molecule has 5 nitrogen and oxygen atoms in total. The molecule has 0 aliphatic heterocycles. The number of pyridine rings is 1. The minimum absolute atomic E-state index is 0.187. The molecule has 0 aliphatic carbocycles. The van der Waals surface area contributed by atoms with Gasteiger partial charge in [-0.2, -0.15) is 0 Å². The fraction of sp³-hybridized carbons (Fsp3) is 0.0500. The SMILES string of the molecule is O=S(=O)(c1ccccc1)N(Cc1cnc2ccccn12)c1ccccc1. The van der Waals surface area contributed by atoms with Gasteiger partial charge in [0.25, 0.3) is 10.0 Å². The first kappa shape index (κ1) is 16.4. The molecule has 2 aromatic heterocycles. The van der Waals surface area contributed by atoms with Crippen LogP contribution in [0.1, 0.15) is 5.69 Å². The van der Waals surface area contributed by atoms with Crippen molar-refractivity contribution in [3.63, 3.8) is 0 Å². The fourth-order valence-electron chi connectivity index (χ4n) is 2.88. The zero-order chi connectivity index (χ0) is 18.0. The third-order valence-electron chi connectivity index (χ3n) is 4.17. The minimum atomic E-state index is -3.71. The Morgan fingerprint density at radius 3 is 2.23 bits per heavy atom. The van der Waals surface area contributed by atoms with E-state index in [2.05, 4.69) is 4.98 Å². The molecular weight excluding hydrogens is 346 g/mol. The predicted molar refractivity (Wildman–Crippen MR) is 101 cm³/mol. The zero-order valence-corrected chi connectivity index (χ0v) is 14.8. The van der Waals surface area contributed by atoms with Crippen molar-refractivity contribution in [2.45, 2.75) is 11.4 Å². The number of benzene rings is 2. The van der Waals surface area contributed by atoms with Gasteiger partial charge in [-0.3, -0.25) is 4.31 Å². The van der Waals surface area contributed by atoms with Crippen LogP contribution in [0.2, 0.25) is 0 Å². The van der Waals surface area contributed by atoms with Gasteiger partial charge in [-0.05, 0) is 36.4 Å². The first-order valence-electron chi connectivity index (χ1n) is 8.20. The van der Waals surface area contributed by atoms with E-state index in [0.29, 0.717) is 5.69 Å². The summed E-state index contributed by atoms with van der Waals surface area (Å²) >= 11 is 0. The van der Waals surface area contributed by atoms with Gasteiger partial charge in [0.1, 0.15) is 5.65 Å². The van der Waals surface area contributed by atoms with Crippen LogP contribution in [0.15, 0.2) is 96.2 Å². The molecule has 2 aromatic carbocycles. The predicted octanol–water partition coefficient (Wildman–Crippen LogP) is 3.73. The van der Waals surface area contributed by atoms with E-state index < -0.39 is 10.0 Å². The summed E-state index contributed by atoms with van der Waals surface area (Å²) in [6, 6.07) is 23.3. The Hall–Kier alpha value is -3.12. The number of para-hydroxylation sites is 1. The highest BCUT2D eigenvalue weighted by atomic mass is 32.2. The topological polar surface area (TPSA) is 54.7 Å². The van der Waals surface area contributed by atoms with Crippen molar-refractivity contribution in [3.05, 3.63) is 97.0 Å². The van der Waals surface area contributed by atoms with Gasteiger partial charge in [0, 0.05) is 6.20 Å². The van der Waals surface area contributed by atoms with Crippen LogP contribution < -0.4 is 4.31 Å². The average molecular weight is 363 g/mol. The molecule has 0 aliphatic rings. The summed E-state index contributed by atoms with van der Waals surface area (Å²) in [5.74, 6) is 0. The molecule has 0 atom stereocenters. The normalized spacial score (nSPS) is 11.5. The van der Waals surface area contributed by atoms with Crippen LogP contribution in [0.3, 0.4) is 0 Å². The number of hydrogen-bond donors (Lipinski definition) is 0. The summed E-state index contributed by atoms with van der Waals surface area (Å²) in [5.41, 5.74) is 2.19. The number of sulfonamides is 1. The number of anilines is 1. The van der Waals surface area contributed by atoms with Gasteiger partial charge in [0.05, 0.1) is 29.0 Å². The second kappa shape index (κ2) is 6.65. The highest BCUT2D eigenvalue weighted by Crippen LogP contribution is 2.25. The van der Waals surface area contributed by atoms with Gasteiger partial charge in [-0.25, -0.2) is 13.4 Å². The number of nitrogens with zero attached hydrogens (tertiary/aromatic N) is 3. The molecule has 0 saturated carbocycles. The maximum absolute atomic E-state index is 13.3. The number of hydrogen-bond acceptors (Lipinski definition) is 3. The molecule has 6 heteroatoms. The van der Waals surface area contributed by atoms with Crippen molar-refractivity contribution in [2.75, 3.05) is 4.31 Å². The Labute approximate surface area is 152 Å². The van der Waals surface area contributed by atoms with Crippen LogP contribution >= 0.6 is 0 Å². The molecule has 0 fully saturated rings. The highest BCUT2D eigenvalue weighted by Gasteiger charge is 2.25. The van der Waals surface area contributed by atoms with E-state index in [0.717, 1.165) is 11.3 Å². The van der Waals surface area contributed by atoms with Crippen LogP contribution in [0.5, 0.6) is 0 Å². The molecule has 4 aromatic rings. The van der Waals surface area contributed by atoms with E-state index in [1.165, 1.54) is 4.31 Å². The van der Waals surface area contributed by atoms with E-state index in [1.807, 2.05) is 47.0 Å². The quantitative estimate of drug-likeness (QED) is 0.543. The Morgan fingerprint density at radius 1 is 0.846 bits per heavy atom. The smallest absolute Gasteiger partial charge is 0.264 e. The Balaban J connectivity index is 1.82. The third-order valence-corrected chi connectivity index (χ3v) is 5.96. The molecule has 26 heavy (non-hydrogen) atoms. The lowest BCUT2D eigenvalue weighted by molar-refractivity contribution is 0.590. The summed E-state index contributed by atoms with van der Waals surface area (Å²) in [6.45, 7) is 0.187. The molecule has 0 N–H and O–H groups in total. The molecule has 0 saturated heterocycles. The summed E-state index contributed by atoms with van der Waals surface area (Å²) < 4.78 is 29.9. The fourth-order valence-corrected chi connectivity index (χ4v) is 4.34. The Morgan fingerprint density at radius 2 is 1.50 bits per heavy atom. The van der Waals surface area contributed by atoms with E-state index in [4.69, 9.17) is 0 Å². The maximum atomic E-state index is 13.3. The van der Waals surface area contributed by atoms with Crippen molar-refractivity contribution >= 4 is 21.4 Å². The highest BCUT2D eigenvalue weighted by molar-refractivity contribution is 7.92. The molecule has 130 valence electrons. The number of aromatic nitrogens is 2. The summed E-state index contributed by atoms with van der Waals surface area (Å²) in [5, 5.41) is 0. The van der Waals surface area contributed by atoms with Crippen LogP contribution in [0.25, 0.3) is 5.65 Å². The van der Waals surface area contributed by atoms with E-state index >= 15 is 0 Å².